The van der Waals surface area contributed by atoms with Crippen LogP contribution in [0.5, 0.6) is 11.5 Å². The monoisotopic (exact) mass is 450 g/mol. The van der Waals surface area contributed by atoms with E-state index in [9.17, 15) is 5.11 Å². The molecule has 0 saturated carbocycles. The van der Waals surface area contributed by atoms with Crippen LogP contribution in [0, 0.1) is 6.92 Å². The van der Waals surface area contributed by atoms with Crippen LogP contribution in [-0.2, 0) is 5.41 Å². The van der Waals surface area contributed by atoms with E-state index in [-0.39, 0.29) is 5.41 Å². The average molecular weight is 451 g/mol. The lowest BCUT2D eigenvalue weighted by Crippen LogP contribution is -2.48. The predicted octanol–water partition coefficient (Wildman–Crippen LogP) is 5.31. The van der Waals surface area contributed by atoms with Gasteiger partial charge in [0.15, 0.2) is 0 Å². The molecular weight excluding hydrogens is 415 g/mol. The molecule has 0 aromatic heterocycles. The van der Waals surface area contributed by atoms with E-state index in [4.69, 9.17) is 4.74 Å². The van der Waals surface area contributed by atoms with Gasteiger partial charge in [-0.3, -0.25) is 0 Å². The minimum Gasteiger partial charge on any atom is -0.507 e. The Hall–Kier alpha value is -2.09. The van der Waals surface area contributed by atoms with Crippen molar-refractivity contribution in [1.29, 1.82) is 0 Å². The highest BCUT2D eigenvalue weighted by Gasteiger charge is 2.32. The highest BCUT2D eigenvalue weighted by Crippen LogP contribution is 2.42. The lowest BCUT2D eigenvalue weighted by atomic mass is 9.86. The molecule has 3 rings (SSSR count). The lowest BCUT2D eigenvalue weighted by Gasteiger charge is -2.31. The number of rotatable bonds is 5. The molecule has 0 bridgehead atoms. The van der Waals surface area contributed by atoms with Gasteiger partial charge in [0.05, 0.1) is 15.2 Å². The Bertz CT molecular complexity index is 1080. The van der Waals surface area contributed by atoms with Crippen molar-refractivity contribution < 1.29 is 9.84 Å². The van der Waals surface area contributed by atoms with Gasteiger partial charge in [0, 0.05) is 10.6 Å². The summed E-state index contributed by atoms with van der Waals surface area (Å²) in [5.41, 5.74) is 2.11. The standard InChI is InChI=1S/C27H35O2PSi/c1-19-13-11-18-24(31(6,7)8)26(19)30(22-16-10-9-15-21(22)29-5)23-17-12-14-20(25(23)28)27(2,3)4/h9-18,28H,1-8H3. The third-order valence-electron chi connectivity index (χ3n) is 5.66. The fraction of sp³-hybridized carbons (Fsp3) is 0.333. The molecule has 0 spiro atoms. The van der Waals surface area contributed by atoms with Crippen LogP contribution in [0.25, 0.3) is 0 Å². The second kappa shape index (κ2) is 8.80. The highest BCUT2D eigenvalue weighted by atomic mass is 31.1. The van der Waals surface area contributed by atoms with Crippen LogP contribution < -0.4 is 25.8 Å². The van der Waals surface area contributed by atoms with E-state index < -0.39 is 16.0 Å². The van der Waals surface area contributed by atoms with Crippen molar-refractivity contribution in [2.75, 3.05) is 7.11 Å². The van der Waals surface area contributed by atoms with Gasteiger partial charge in [-0.2, -0.15) is 0 Å². The number of ether oxygens (including phenoxy) is 1. The zero-order chi connectivity index (χ0) is 23.0. The number of phenols is 1. The smallest absolute Gasteiger partial charge is 0.127 e. The van der Waals surface area contributed by atoms with Gasteiger partial charge in [-0.1, -0.05) is 100 Å². The molecule has 2 nitrogen and oxygen atoms in total. The van der Waals surface area contributed by atoms with Gasteiger partial charge in [-0.05, 0) is 42.8 Å². The second-order valence-electron chi connectivity index (χ2n) is 10.2. The quantitative estimate of drug-likeness (QED) is 0.422. The SMILES string of the molecule is COc1ccccc1P(c1cccc(C(C)(C)C)c1O)c1c(C)cccc1[Si](C)(C)C. The van der Waals surface area contributed by atoms with Crippen LogP contribution in [0.2, 0.25) is 19.6 Å². The molecule has 0 radical (unpaired) electrons. The van der Waals surface area contributed by atoms with E-state index in [1.165, 1.54) is 16.1 Å². The van der Waals surface area contributed by atoms with Crippen LogP contribution in [0.3, 0.4) is 0 Å². The minimum atomic E-state index is -1.64. The summed E-state index contributed by atoms with van der Waals surface area (Å²) >= 11 is 0. The average Bonchev–Trinajstić information content (AvgIpc) is 2.69. The van der Waals surface area contributed by atoms with Gasteiger partial charge in [0.25, 0.3) is 0 Å². The summed E-state index contributed by atoms with van der Waals surface area (Å²) < 4.78 is 5.82. The normalized spacial score (nSPS) is 13.2. The number of phenolic OH excluding ortho intramolecular Hbond substituents is 1. The zero-order valence-electron chi connectivity index (χ0n) is 20.1. The Morgan fingerprint density at radius 3 is 2.06 bits per heavy atom. The van der Waals surface area contributed by atoms with Gasteiger partial charge < -0.3 is 9.84 Å². The van der Waals surface area contributed by atoms with Crippen molar-refractivity contribution in [3.63, 3.8) is 0 Å². The number of aryl methyl sites for hydroxylation is 1. The molecule has 0 aliphatic carbocycles. The van der Waals surface area contributed by atoms with Crippen molar-refractivity contribution in [3.05, 3.63) is 71.8 Å². The molecule has 164 valence electrons. The predicted molar refractivity (Wildman–Crippen MR) is 140 cm³/mol. The Balaban J connectivity index is 2.44. The summed E-state index contributed by atoms with van der Waals surface area (Å²) in [5.74, 6) is 1.29. The van der Waals surface area contributed by atoms with Crippen LogP contribution in [0.15, 0.2) is 60.7 Å². The molecule has 3 aromatic rings. The first-order valence-electron chi connectivity index (χ1n) is 10.8. The Morgan fingerprint density at radius 1 is 0.839 bits per heavy atom. The molecule has 1 unspecified atom stereocenters. The molecule has 3 aromatic carbocycles. The van der Waals surface area contributed by atoms with Crippen LogP contribution in [0.4, 0.5) is 0 Å². The Kier molecular flexibility index (Phi) is 6.69. The van der Waals surface area contributed by atoms with E-state index in [0.29, 0.717) is 5.75 Å². The third kappa shape index (κ3) is 4.73. The maximum Gasteiger partial charge on any atom is 0.127 e. The first-order chi connectivity index (χ1) is 14.5. The number of benzene rings is 3. The molecule has 0 heterocycles. The van der Waals surface area contributed by atoms with Gasteiger partial charge >= 0.3 is 0 Å². The van der Waals surface area contributed by atoms with E-state index >= 15 is 0 Å². The first kappa shape index (κ1) is 23.6. The lowest BCUT2D eigenvalue weighted by molar-refractivity contribution is 0.418. The number of aromatic hydroxyl groups is 1. The van der Waals surface area contributed by atoms with E-state index in [0.717, 1.165) is 21.9 Å². The molecule has 0 aliphatic heterocycles. The fourth-order valence-corrected chi connectivity index (χ4v) is 9.58. The summed E-state index contributed by atoms with van der Waals surface area (Å²) in [5, 5.41) is 16.5. The summed E-state index contributed by atoms with van der Waals surface area (Å²) in [6.45, 7) is 15.8. The number of methoxy groups -OCH3 is 1. The molecule has 0 aliphatic rings. The molecule has 31 heavy (non-hydrogen) atoms. The summed E-state index contributed by atoms with van der Waals surface area (Å²) in [6.07, 6.45) is 0. The molecular formula is C27H35O2PSi. The molecule has 0 saturated heterocycles. The molecule has 0 fully saturated rings. The molecule has 1 atom stereocenters. The van der Waals surface area contributed by atoms with Crippen LogP contribution >= 0.6 is 7.92 Å². The van der Waals surface area contributed by atoms with Gasteiger partial charge in [0.1, 0.15) is 11.5 Å². The number of para-hydroxylation sites is 2. The number of hydrogen-bond donors (Lipinski definition) is 1. The largest absolute Gasteiger partial charge is 0.507 e. The summed E-state index contributed by atoms with van der Waals surface area (Å²) in [4.78, 5) is 0. The van der Waals surface area contributed by atoms with Crippen LogP contribution in [0.1, 0.15) is 31.9 Å². The van der Waals surface area contributed by atoms with Gasteiger partial charge in [-0.25, -0.2) is 0 Å². The molecule has 0 amide bonds. The van der Waals surface area contributed by atoms with E-state index in [1.54, 1.807) is 7.11 Å². The van der Waals surface area contributed by atoms with Crippen molar-refractivity contribution in [2.24, 2.45) is 0 Å². The minimum absolute atomic E-state index is 0.144. The summed E-state index contributed by atoms with van der Waals surface area (Å²) in [7, 11) is -0.911. The zero-order valence-corrected chi connectivity index (χ0v) is 22.0. The van der Waals surface area contributed by atoms with E-state index in [1.807, 2.05) is 18.2 Å². The van der Waals surface area contributed by atoms with Crippen LogP contribution in [-0.4, -0.2) is 20.3 Å². The van der Waals surface area contributed by atoms with Crippen molar-refractivity contribution in [1.82, 2.24) is 0 Å². The summed E-state index contributed by atoms with van der Waals surface area (Å²) in [6, 6.07) is 21.2. The van der Waals surface area contributed by atoms with Gasteiger partial charge in [0.2, 0.25) is 0 Å². The second-order valence-corrected chi connectivity index (χ2v) is 17.3. The van der Waals surface area contributed by atoms with Gasteiger partial charge in [-0.15, -0.1) is 0 Å². The molecule has 4 heteroatoms. The van der Waals surface area contributed by atoms with E-state index in [2.05, 4.69) is 89.8 Å². The molecule has 1 N–H and O–H groups in total. The van der Waals surface area contributed by atoms with Crippen molar-refractivity contribution in [3.8, 4) is 11.5 Å². The number of hydrogen-bond acceptors (Lipinski definition) is 2. The third-order valence-corrected chi connectivity index (χ3v) is 10.6. The maximum absolute atomic E-state index is 11.6. The Morgan fingerprint density at radius 2 is 1.45 bits per heavy atom. The van der Waals surface area contributed by atoms with Crippen molar-refractivity contribution >= 4 is 37.1 Å². The fourth-order valence-electron chi connectivity index (χ4n) is 4.06. The maximum atomic E-state index is 11.6. The van der Waals surface area contributed by atoms with Crippen molar-refractivity contribution in [2.45, 2.75) is 52.8 Å². The Labute approximate surface area is 190 Å². The highest BCUT2D eigenvalue weighted by molar-refractivity contribution is 7.80. The topological polar surface area (TPSA) is 29.5 Å². The first-order valence-corrected chi connectivity index (χ1v) is 15.7.